The van der Waals surface area contributed by atoms with Gasteiger partial charge in [-0.3, -0.25) is 9.59 Å². The van der Waals surface area contributed by atoms with Crippen LogP contribution in [0.15, 0.2) is 30.3 Å². The van der Waals surface area contributed by atoms with E-state index in [0.29, 0.717) is 0 Å². The molecule has 1 aliphatic heterocycles. The second-order valence-electron chi connectivity index (χ2n) is 5.20. The number of hydrogen-bond donors (Lipinski definition) is 1. The van der Waals surface area contributed by atoms with Gasteiger partial charge in [0, 0.05) is 18.8 Å². The smallest absolute Gasteiger partial charge is 0.250 e. The van der Waals surface area contributed by atoms with Crippen molar-refractivity contribution in [3.8, 4) is 0 Å². The number of benzene rings is 1. The number of carbonyl (C=O) groups is 2. The predicted molar refractivity (Wildman–Crippen MR) is 80.9 cm³/mol. The van der Waals surface area contributed by atoms with Gasteiger partial charge in [0.05, 0.1) is 0 Å². The van der Waals surface area contributed by atoms with E-state index in [1.807, 2.05) is 23.1 Å². The summed E-state index contributed by atoms with van der Waals surface area (Å²) in [4.78, 5) is 25.5. The van der Waals surface area contributed by atoms with Gasteiger partial charge in [0.2, 0.25) is 11.8 Å². The molecule has 0 aliphatic carbocycles. The van der Waals surface area contributed by atoms with E-state index in [-0.39, 0.29) is 25.0 Å². The van der Waals surface area contributed by atoms with Crippen molar-refractivity contribution in [3.63, 3.8) is 0 Å². The second-order valence-corrected chi connectivity index (χ2v) is 5.20. The summed E-state index contributed by atoms with van der Waals surface area (Å²) in [6, 6.07) is 9.19. The summed E-state index contributed by atoms with van der Waals surface area (Å²) in [6.45, 7) is 1.48. The number of nitrogens with zero attached hydrogens (tertiary/aromatic N) is 1. The lowest BCUT2D eigenvalue weighted by molar-refractivity contribution is -0.137. The molecule has 2 amide bonds. The third-order valence-corrected chi connectivity index (χ3v) is 3.48. The lowest BCUT2D eigenvalue weighted by Crippen LogP contribution is -2.35. The van der Waals surface area contributed by atoms with Crippen molar-refractivity contribution in [2.24, 2.45) is 0 Å². The van der Waals surface area contributed by atoms with E-state index in [9.17, 15) is 9.59 Å². The molecule has 1 fully saturated rings. The summed E-state index contributed by atoms with van der Waals surface area (Å²) in [5.41, 5.74) is 0.727. The lowest BCUT2D eigenvalue weighted by Gasteiger charge is -2.20. The van der Waals surface area contributed by atoms with E-state index in [1.165, 1.54) is 12.8 Å². The third-order valence-electron chi connectivity index (χ3n) is 3.48. The van der Waals surface area contributed by atoms with Crippen LogP contribution in [0, 0.1) is 0 Å². The van der Waals surface area contributed by atoms with Crippen LogP contribution in [0.5, 0.6) is 0 Å². The number of carbonyl (C=O) groups excluding carboxylic acids is 2. The van der Waals surface area contributed by atoms with Gasteiger partial charge in [0.15, 0.2) is 0 Å². The molecule has 0 saturated carbocycles. The van der Waals surface area contributed by atoms with E-state index >= 15 is 0 Å². The van der Waals surface area contributed by atoms with Crippen LogP contribution < -0.4 is 5.32 Å². The fraction of sp³-hybridized carbons (Fsp3) is 0.500. The number of rotatable bonds is 5. The van der Waals surface area contributed by atoms with E-state index in [1.54, 1.807) is 12.1 Å². The predicted octanol–water partition coefficient (Wildman–Crippen LogP) is 2.04. The molecule has 1 aromatic carbocycles. The average molecular weight is 290 g/mol. The average Bonchev–Trinajstić information content (AvgIpc) is 2.77. The second kappa shape index (κ2) is 8.42. The first-order valence-electron chi connectivity index (χ1n) is 7.46. The third kappa shape index (κ3) is 5.55. The van der Waals surface area contributed by atoms with E-state index in [4.69, 9.17) is 4.74 Å². The molecular formula is C16H22N2O3. The monoisotopic (exact) mass is 290 g/mol. The van der Waals surface area contributed by atoms with Gasteiger partial charge in [0.1, 0.15) is 13.2 Å². The summed E-state index contributed by atoms with van der Waals surface area (Å²) in [6.07, 6.45) is 4.48. The molecule has 0 radical (unpaired) electrons. The fourth-order valence-corrected chi connectivity index (χ4v) is 2.36. The number of hydrogen-bond acceptors (Lipinski definition) is 3. The zero-order chi connectivity index (χ0) is 14.9. The maximum absolute atomic E-state index is 12.0. The van der Waals surface area contributed by atoms with Crippen LogP contribution in [0.3, 0.4) is 0 Å². The first kappa shape index (κ1) is 15.5. The van der Waals surface area contributed by atoms with Gasteiger partial charge < -0.3 is 15.0 Å². The molecule has 0 aromatic heterocycles. The van der Waals surface area contributed by atoms with Gasteiger partial charge in [-0.15, -0.1) is 0 Å². The molecule has 5 nitrogen and oxygen atoms in total. The van der Waals surface area contributed by atoms with Gasteiger partial charge >= 0.3 is 0 Å². The van der Waals surface area contributed by atoms with Crippen molar-refractivity contribution in [1.29, 1.82) is 0 Å². The van der Waals surface area contributed by atoms with E-state index in [0.717, 1.165) is 31.6 Å². The van der Waals surface area contributed by atoms with Crippen LogP contribution in [0.2, 0.25) is 0 Å². The highest BCUT2D eigenvalue weighted by Crippen LogP contribution is 2.09. The summed E-state index contributed by atoms with van der Waals surface area (Å²) in [7, 11) is 0. The molecule has 0 spiro atoms. The molecule has 1 aromatic rings. The van der Waals surface area contributed by atoms with Gasteiger partial charge in [-0.05, 0) is 25.0 Å². The molecule has 1 heterocycles. The molecule has 5 heteroatoms. The van der Waals surface area contributed by atoms with Crippen LogP contribution in [-0.4, -0.2) is 43.0 Å². The normalized spacial score (nSPS) is 15.3. The molecule has 114 valence electrons. The Morgan fingerprint density at radius 2 is 1.67 bits per heavy atom. The van der Waals surface area contributed by atoms with Crippen LogP contribution >= 0.6 is 0 Å². The Morgan fingerprint density at radius 1 is 1.00 bits per heavy atom. The Bertz CT molecular complexity index is 454. The molecule has 2 rings (SSSR count). The van der Waals surface area contributed by atoms with Gasteiger partial charge in [-0.2, -0.15) is 0 Å². The first-order chi connectivity index (χ1) is 10.3. The molecule has 1 aliphatic rings. The highest BCUT2D eigenvalue weighted by Gasteiger charge is 2.15. The van der Waals surface area contributed by atoms with Crippen molar-refractivity contribution in [1.82, 2.24) is 4.90 Å². The Balaban J connectivity index is 1.66. The maximum atomic E-state index is 12.0. The van der Waals surface area contributed by atoms with Crippen LogP contribution in [0.4, 0.5) is 5.69 Å². The molecule has 21 heavy (non-hydrogen) atoms. The van der Waals surface area contributed by atoms with Crippen molar-refractivity contribution >= 4 is 17.5 Å². The number of para-hydroxylation sites is 1. The van der Waals surface area contributed by atoms with Crippen molar-refractivity contribution < 1.29 is 14.3 Å². The Hall–Kier alpha value is -1.88. The molecule has 0 unspecified atom stereocenters. The Morgan fingerprint density at radius 3 is 2.33 bits per heavy atom. The number of nitrogens with one attached hydrogen (secondary N) is 1. The maximum Gasteiger partial charge on any atom is 0.250 e. The molecular weight excluding hydrogens is 268 g/mol. The zero-order valence-electron chi connectivity index (χ0n) is 12.2. The molecule has 1 N–H and O–H groups in total. The summed E-state index contributed by atoms with van der Waals surface area (Å²) < 4.78 is 5.22. The molecule has 1 saturated heterocycles. The summed E-state index contributed by atoms with van der Waals surface area (Å²) in [5.74, 6) is -0.269. The molecule has 0 atom stereocenters. The SMILES string of the molecule is O=C(COCC(=O)N1CCCCCC1)Nc1ccccc1. The Kier molecular flexibility index (Phi) is 6.22. The standard InChI is InChI=1S/C16H22N2O3/c19-15(17-14-8-4-3-5-9-14)12-21-13-16(20)18-10-6-1-2-7-11-18/h3-5,8-9H,1-2,6-7,10-13H2,(H,17,19). The van der Waals surface area contributed by atoms with Crippen molar-refractivity contribution in [2.75, 3.05) is 31.6 Å². The number of ether oxygens (including phenoxy) is 1. The highest BCUT2D eigenvalue weighted by atomic mass is 16.5. The van der Waals surface area contributed by atoms with Crippen molar-refractivity contribution in [2.45, 2.75) is 25.7 Å². The zero-order valence-corrected chi connectivity index (χ0v) is 12.2. The topological polar surface area (TPSA) is 58.6 Å². The van der Waals surface area contributed by atoms with Crippen molar-refractivity contribution in [3.05, 3.63) is 30.3 Å². The summed E-state index contributed by atoms with van der Waals surface area (Å²) in [5, 5.41) is 2.72. The minimum atomic E-state index is -0.245. The number of likely N-dealkylation sites (tertiary alicyclic amines) is 1. The highest BCUT2D eigenvalue weighted by molar-refractivity contribution is 5.91. The largest absolute Gasteiger partial charge is 0.362 e. The summed E-state index contributed by atoms with van der Waals surface area (Å²) >= 11 is 0. The van der Waals surface area contributed by atoms with Crippen LogP contribution in [0.1, 0.15) is 25.7 Å². The van der Waals surface area contributed by atoms with E-state index in [2.05, 4.69) is 5.32 Å². The van der Waals surface area contributed by atoms with Gasteiger partial charge in [0.25, 0.3) is 0 Å². The lowest BCUT2D eigenvalue weighted by atomic mass is 10.2. The van der Waals surface area contributed by atoms with Gasteiger partial charge in [-0.1, -0.05) is 31.0 Å². The van der Waals surface area contributed by atoms with E-state index < -0.39 is 0 Å². The van der Waals surface area contributed by atoms with Gasteiger partial charge in [-0.25, -0.2) is 0 Å². The number of anilines is 1. The number of amides is 2. The van der Waals surface area contributed by atoms with Crippen LogP contribution in [0.25, 0.3) is 0 Å². The van der Waals surface area contributed by atoms with Crippen LogP contribution in [-0.2, 0) is 14.3 Å². The molecule has 0 bridgehead atoms. The fourth-order valence-electron chi connectivity index (χ4n) is 2.36. The first-order valence-corrected chi connectivity index (χ1v) is 7.46. The Labute approximate surface area is 125 Å². The minimum absolute atomic E-state index is 0.0237. The quantitative estimate of drug-likeness (QED) is 0.903. The minimum Gasteiger partial charge on any atom is -0.362 e.